The third-order valence-corrected chi connectivity index (χ3v) is 2.38. The van der Waals surface area contributed by atoms with Crippen LogP contribution in [0, 0.1) is 0 Å². The molecule has 0 aromatic carbocycles. The van der Waals surface area contributed by atoms with Crippen molar-refractivity contribution < 1.29 is 32.6 Å². The molecule has 17 heavy (non-hydrogen) atoms. The van der Waals surface area contributed by atoms with Crippen LogP contribution in [0.5, 0.6) is 0 Å². The molecular weight excluding hydrogens is 243 g/mol. The first-order valence-corrected chi connectivity index (χ1v) is 4.89. The zero-order valence-corrected chi connectivity index (χ0v) is 9.24. The third-order valence-electron chi connectivity index (χ3n) is 2.38. The van der Waals surface area contributed by atoms with Gasteiger partial charge in [0.25, 0.3) is 0 Å². The van der Waals surface area contributed by atoms with Crippen LogP contribution in [-0.2, 0) is 14.4 Å². The van der Waals surface area contributed by atoms with Crippen molar-refractivity contribution in [3.8, 4) is 0 Å². The van der Waals surface area contributed by atoms with Crippen molar-refractivity contribution >= 4 is 11.7 Å². The number of rotatable bonds is 3. The summed E-state index contributed by atoms with van der Waals surface area (Å²) in [5.74, 6) is -0.840. The third kappa shape index (κ3) is 2.68. The molecule has 1 rings (SSSR count). The number of esters is 1. The Hall–Kier alpha value is -1.31. The molecule has 8 heteroatoms. The quantitative estimate of drug-likeness (QED) is 0.764. The molecule has 0 saturated carbocycles. The maximum Gasteiger partial charge on any atom is 0.420 e. The van der Waals surface area contributed by atoms with Gasteiger partial charge in [-0.15, -0.1) is 0 Å². The zero-order valence-electron chi connectivity index (χ0n) is 9.24. The minimum Gasteiger partial charge on any atom is -0.461 e. The molecule has 0 fully saturated rings. The Labute approximate surface area is 95.2 Å². The van der Waals surface area contributed by atoms with Crippen molar-refractivity contribution in [2.45, 2.75) is 38.1 Å². The highest BCUT2D eigenvalue weighted by Gasteiger charge is 2.58. The van der Waals surface area contributed by atoms with Crippen molar-refractivity contribution in [2.75, 3.05) is 6.61 Å². The van der Waals surface area contributed by atoms with Gasteiger partial charge in [0.2, 0.25) is 0 Å². The first-order valence-electron chi connectivity index (χ1n) is 4.89. The molecule has 1 heterocycles. The fourth-order valence-electron chi connectivity index (χ4n) is 1.20. The van der Waals surface area contributed by atoms with E-state index in [0.29, 0.717) is 6.92 Å². The predicted octanol–water partition coefficient (Wildman–Crippen LogP) is 1.01. The summed E-state index contributed by atoms with van der Waals surface area (Å²) in [6.45, 7) is 2.21. The number of oxime groups is 1. The number of aliphatic hydroxyl groups is 1. The second-order valence-electron chi connectivity index (χ2n) is 3.70. The van der Waals surface area contributed by atoms with E-state index < -0.39 is 30.3 Å². The molecule has 0 aromatic heterocycles. The number of alkyl halides is 3. The molecule has 5 nitrogen and oxygen atoms in total. The summed E-state index contributed by atoms with van der Waals surface area (Å²) in [5, 5.41) is 12.5. The lowest BCUT2D eigenvalue weighted by Gasteiger charge is -2.29. The highest BCUT2D eigenvalue weighted by molar-refractivity contribution is 6.36. The van der Waals surface area contributed by atoms with Crippen molar-refractivity contribution in [3.63, 3.8) is 0 Å². The van der Waals surface area contributed by atoms with Crippen LogP contribution in [0.15, 0.2) is 5.16 Å². The Bertz CT molecular complexity index is 338. The van der Waals surface area contributed by atoms with E-state index in [1.807, 2.05) is 0 Å². The molecule has 2 unspecified atom stereocenters. The molecule has 0 aromatic rings. The Balaban J connectivity index is 2.69. The Morgan fingerprint density at radius 2 is 2.24 bits per heavy atom. The van der Waals surface area contributed by atoms with Crippen LogP contribution in [0.3, 0.4) is 0 Å². The maximum absolute atomic E-state index is 12.5. The summed E-state index contributed by atoms with van der Waals surface area (Å²) in [6, 6.07) is 0. The van der Waals surface area contributed by atoms with E-state index in [-0.39, 0.29) is 12.3 Å². The molecule has 0 spiro atoms. The number of hydrogen-bond acceptors (Lipinski definition) is 5. The van der Waals surface area contributed by atoms with Crippen LogP contribution in [0.4, 0.5) is 13.2 Å². The molecule has 1 aliphatic rings. The highest BCUT2D eigenvalue weighted by atomic mass is 19.4. The van der Waals surface area contributed by atoms with E-state index in [1.165, 1.54) is 0 Å². The molecule has 0 amide bonds. The van der Waals surface area contributed by atoms with Crippen molar-refractivity contribution in [1.29, 1.82) is 0 Å². The van der Waals surface area contributed by atoms with Crippen LogP contribution in [-0.4, -0.2) is 41.3 Å². The van der Waals surface area contributed by atoms with E-state index in [4.69, 9.17) is 0 Å². The maximum atomic E-state index is 12.5. The van der Waals surface area contributed by atoms with E-state index in [2.05, 4.69) is 14.7 Å². The van der Waals surface area contributed by atoms with Gasteiger partial charge < -0.3 is 14.7 Å². The molecule has 0 radical (unpaired) electrons. The molecular formula is C9H12F3NO4. The molecule has 1 aliphatic heterocycles. The lowest BCUT2D eigenvalue weighted by atomic mass is 9.94. The number of carbonyl (C=O) groups is 1. The van der Waals surface area contributed by atoms with Crippen LogP contribution in [0.2, 0.25) is 0 Å². The van der Waals surface area contributed by atoms with Gasteiger partial charge in [0.1, 0.15) is 0 Å². The fraction of sp³-hybridized carbons (Fsp3) is 0.778. The zero-order chi connectivity index (χ0) is 13.3. The molecule has 98 valence electrons. The van der Waals surface area contributed by atoms with Gasteiger partial charge in [-0.1, -0.05) is 5.16 Å². The van der Waals surface area contributed by atoms with Crippen LogP contribution >= 0.6 is 0 Å². The fourth-order valence-corrected chi connectivity index (χ4v) is 1.20. The second-order valence-corrected chi connectivity index (χ2v) is 3.70. The summed E-state index contributed by atoms with van der Waals surface area (Å²) < 4.78 is 42.0. The number of carbonyl (C=O) groups excluding carboxylic acids is 1. The summed E-state index contributed by atoms with van der Waals surface area (Å²) >= 11 is 0. The van der Waals surface area contributed by atoms with Gasteiger partial charge >= 0.3 is 12.1 Å². The first kappa shape index (κ1) is 13.8. The number of hydrogen-bond donors (Lipinski definition) is 1. The smallest absolute Gasteiger partial charge is 0.420 e. The normalized spacial score (nSPS) is 23.6. The van der Waals surface area contributed by atoms with E-state index in [1.54, 1.807) is 6.92 Å². The minimum absolute atomic E-state index is 0.0815. The SMILES string of the molecule is CCOC(=O)C1=NOC(C(C)(O)C(F)(F)F)C1. The largest absolute Gasteiger partial charge is 0.461 e. The van der Waals surface area contributed by atoms with Crippen molar-refractivity contribution in [1.82, 2.24) is 0 Å². The average molecular weight is 255 g/mol. The average Bonchev–Trinajstić information content (AvgIpc) is 2.65. The molecule has 2 atom stereocenters. The van der Waals surface area contributed by atoms with Gasteiger partial charge in [-0.25, -0.2) is 4.79 Å². The number of nitrogens with zero attached hydrogens (tertiary/aromatic N) is 1. The Morgan fingerprint density at radius 1 is 1.65 bits per heavy atom. The van der Waals surface area contributed by atoms with Crippen LogP contribution in [0.25, 0.3) is 0 Å². The Kier molecular flexibility index (Phi) is 3.65. The Morgan fingerprint density at radius 3 is 2.71 bits per heavy atom. The van der Waals surface area contributed by atoms with Gasteiger partial charge in [0.15, 0.2) is 17.4 Å². The van der Waals surface area contributed by atoms with Crippen molar-refractivity contribution in [3.05, 3.63) is 0 Å². The first-order chi connectivity index (χ1) is 7.70. The van der Waals surface area contributed by atoms with Gasteiger partial charge in [0.05, 0.1) is 6.61 Å². The number of ether oxygens (including phenoxy) is 1. The monoisotopic (exact) mass is 255 g/mol. The van der Waals surface area contributed by atoms with Gasteiger partial charge in [-0.2, -0.15) is 13.2 Å². The molecule has 0 aliphatic carbocycles. The van der Waals surface area contributed by atoms with E-state index >= 15 is 0 Å². The molecule has 0 saturated heterocycles. The highest BCUT2D eigenvalue weighted by Crippen LogP contribution is 2.37. The van der Waals surface area contributed by atoms with Gasteiger partial charge in [0, 0.05) is 6.42 Å². The lowest BCUT2D eigenvalue weighted by molar-refractivity contribution is -0.285. The summed E-state index contributed by atoms with van der Waals surface area (Å²) in [4.78, 5) is 15.6. The van der Waals surface area contributed by atoms with E-state index in [9.17, 15) is 23.1 Å². The minimum atomic E-state index is -4.86. The lowest BCUT2D eigenvalue weighted by Crippen LogP contribution is -2.52. The second kappa shape index (κ2) is 4.52. The topological polar surface area (TPSA) is 68.1 Å². The van der Waals surface area contributed by atoms with Crippen LogP contribution < -0.4 is 0 Å². The predicted molar refractivity (Wildman–Crippen MR) is 50.2 cm³/mol. The molecule has 0 bridgehead atoms. The summed E-state index contributed by atoms with van der Waals surface area (Å²) in [7, 11) is 0. The van der Waals surface area contributed by atoms with Gasteiger partial charge in [-0.3, -0.25) is 0 Å². The standard InChI is InChI=1S/C9H12F3NO4/c1-3-16-7(14)5-4-6(17-13-5)8(2,15)9(10,11)12/h6,15H,3-4H2,1-2H3. The summed E-state index contributed by atoms with van der Waals surface area (Å²) in [6.07, 6.45) is -6.94. The van der Waals surface area contributed by atoms with Crippen LogP contribution in [0.1, 0.15) is 20.3 Å². The van der Waals surface area contributed by atoms with Gasteiger partial charge in [-0.05, 0) is 13.8 Å². The van der Waals surface area contributed by atoms with E-state index in [0.717, 1.165) is 0 Å². The summed E-state index contributed by atoms with van der Waals surface area (Å²) in [5.41, 5.74) is -3.33. The number of halogens is 3. The van der Waals surface area contributed by atoms with Crippen molar-refractivity contribution in [2.24, 2.45) is 5.16 Å². The molecule has 1 N–H and O–H groups in total.